The fraction of sp³-hybridized carbons (Fsp3) is 0.667. The lowest BCUT2D eigenvalue weighted by Gasteiger charge is -2.14. The van der Waals surface area contributed by atoms with Crippen LogP contribution in [0, 0.1) is 12.3 Å². The van der Waals surface area contributed by atoms with Crippen molar-refractivity contribution in [2.75, 3.05) is 0 Å². The fourth-order valence-corrected chi connectivity index (χ4v) is 0.150. The summed E-state index contributed by atoms with van der Waals surface area (Å²) in [7, 11) is 0. The van der Waals surface area contributed by atoms with E-state index in [1.165, 1.54) is 0 Å². The molecule has 0 heterocycles. The van der Waals surface area contributed by atoms with Gasteiger partial charge in [-0.25, -0.2) is 0 Å². The average Bonchev–Trinajstić information content (AvgIpc) is 1.62. The van der Waals surface area contributed by atoms with Crippen LogP contribution in [0.4, 0.5) is 0 Å². The van der Waals surface area contributed by atoms with Gasteiger partial charge in [0.15, 0.2) is 0 Å². The van der Waals surface area contributed by atoms with Crippen LogP contribution in [0.2, 0.25) is 0 Å². The zero-order valence-electron chi connectivity index (χ0n) is 5.60. The second-order valence-electron chi connectivity index (χ2n) is 2.80. The average molecular weight is 114 g/mol. The zero-order chi connectivity index (χ0) is 6.78. The highest BCUT2D eigenvalue weighted by atomic mass is 16.4. The second-order valence-corrected chi connectivity index (χ2v) is 2.80. The van der Waals surface area contributed by atoms with Crippen molar-refractivity contribution in [1.82, 2.24) is 0 Å². The molecule has 0 aliphatic carbocycles. The van der Waals surface area contributed by atoms with Gasteiger partial charge in [-0.15, -0.1) is 0 Å². The van der Waals surface area contributed by atoms with E-state index in [9.17, 15) is 0 Å². The highest BCUT2D eigenvalue weighted by molar-refractivity contribution is 5.92. The van der Waals surface area contributed by atoms with Gasteiger partial charge >= 0.3 is 0 Å². The molecule has 0 amide bonds. The number of rotatable bonds is 0. The molecule has 0 atom stereocenters. The third-order valence-electron chi connectivity index (χ3n) is 0.986. The molecular formula is C6H12NO. The molecule has 0 aromatic carbocycles. The van der Waals surface area contributed by atoms with E-state index >= 15 is 0 Å². The predicted molar refractivity (Wildman–Crippen MR) is 34.0 cm³/mol. The molecule has 47 valence electrons. The second kappa shape index (κ2) is 2.16. The maximum atomic E-state index is 8.20. The van der Waals surface area contributed by atoms with Crippen LogP contribution in [0.5, 0.6) is 0 Å². The first-order valence-electron chi connectivity index (χ1n) is 2.53. The summed E-state index contributed by atoms with van der Waals surface area (Å²) in [4.78, 5) is 0. The monoisotopic (exact) mass is 114 g/mol. The number of nitrogens with zero attached hydrogens (tertiary/aromatic N) is 1. The lowest BCUT2D eigenvalue weighted by atomic mass is 9.91. The Morgan fingerprint density at radius 1 is 1.50 bits per heavy atom. The van der Waals surface area contributed by atoms with E-state index in [-0.39, 0.29) is 5.41 Å². The highest BCUT2D eigenvalue weighted by Gasteiger charge is 2.13. The Morgan fingerprint density at radius 3 is 1.88 bits per heavy atom. The van der Waals surface area contributed by atoms with Gasteiger partial charge in [0.05, 0.1) is 5.71 Å². The molecule has 0 fully saturated rings. The van der Waals surface area contributed by atoms with Gasteiger partial charge < -0.3 is 5.21 Å². The molecule has 2 heteroatoms. The molecule has 1 N–H and O–H groups in total. The first-order valence-corrected chi connectivity index (χ1v) is 2.53. The van der Waals surface area contributed by atoms with E-state index in [1.807, 2.05) is 20.8 Å². The summed E-state index contributed by atoms with van der Waals surface area (Å²) in [6.45, 7) is 9.35. The number of hydrogen-bond acceptors (Lipinski definition) is 2. The van der Waals surface area contributed by atoms with Gasteiger partial charge in [0, 0.05) is 5.41 Å². The summed E-state index contributed by atoms with van der Waals surface area (Å²) < 4.78 is 0. The third kappa shape index (κ3) is 1.96. The van der Waals surface area contributed by atoms with Crippen LogP contribution >= 0.6 is 0 Å². The van der Waals surface area contributed by atoms with Crippen molar-refractivity contribution < 1.29 is 5.21 Å². The molecule has 0 saturated carbocycles. The fourth-order valence-electron chi connectivity index (χ4n) is 0.150. The normalized spacial score (nSPS) is 14.2. The van der Waals surface area contributed by atoms with Crippen molar-refractivity contribution >= 4 is 5.71 Å². The van der Waals surface area contributed by atoms with Gasteiger partial charge in [-0.1, -0.05) is 25.9 Å². The Morgan fingerprint density at radius 2 is 1.88 bits per heavy atom. The molecule has 0 spiro atoms. The maximum absolute atomic E-state index is 8.20. The van der Waals surface area contributed by atoms with Gasteiger partial charge in [0.25, 0.3) is 0 Å². The predicted octanol–water partition coefficient (Wildman–Crippen LogP) is 1.70. The van der Waals surface area contributed by atoms with Gasteiger partial charge in [0.2, 0.25) is 0 Å². The van der Waals surface area contributed by atoms with Crippen molar-refractivity contribution in [1.29, 1.82) is 0 Å². The van der Waals surface area contributed by atoms with Gasteiger partial charge in [-0.3, -0.25) is 0 Å². The minimum Gasteiger partial charge on any atom is -0.411 e. The minimum absolute atomic E-state index is 0.102. The van der Waals surface area contributed by atoms with Crippen LogP contribution in [-0.2, 0) is 0 Å². The van der Waals surface area contributed by atoms with Crippen molar-refractivity contribution in [3.8, 4) is 0 Å². The minimum atomic E-state index is -0.102. The summed E-state index contributed by atoms with van der Waals surface area (Å²) in [5.74, 6) is 0. The van der Waals surface area contributed by atoms with Gasteiger partial charge in [-0.05, 0) is 6.92 Å². The highest BCUT2D eigenvalue weighted by Crippen LogP contribution is 2.14. The Labute approximate surface area is 50.2 Å². The molecule has 8 heavy (non-hydrogen) atoms. The van der Waals surface area contributed by atoms with E-state index in [1.54, 1.807) is 0 Å². The van der Waals surface area contributed by atoms with Crippen LogP contribution in [0.1, 0.15) is 20.8 Å². The quantitative estimate of drug-likeness (QED) is 0.290. The van der Waals surface area contributed by atoms with Crippen LogP contribution < -0.4 is 0 Å². The lowest BCUT2D eigenvalue weighted by Crippen LogP contribution is -2.16. The van der Waals surface area contributed by atoms with Crippen molar-refractivity contribution in [2.45, 2.75) is 20.8 Å². The Bertz CT molecular complexity index is 99.6. The molecule has 1 radical (unpaired) electrons. The molecule has 0 aromatic heterocycles. The van der Waals surface area contributed by atoms with Crippen molar-refractivity contribution in [3.05, 3.63) is 6.92 Å². The first kappa shape index (κ1) is 7.47. The number of hydrogen-bond donors (Lipinski definition) is 1. The number of oxime groups is 1. The topological polar surface area (TPSA) is 32.6 Å². The van der Waals surface area contributed by atoms with Crippen molar-refractivity contribution in [2.24, 2.45) is 10.6 Å². The summed E-state index contributed by atoms with van der Waals surface area (Å²) in [5, 5.41) is 11.2. The van der Waals surface area contributed by atoms with Crippen molar-refractivity contribution in [3.63, 3.8) is 0 Å². The largest absolute Gasteiger partial charge is 0.411 e. The van der Waals surface area contributed by atoms with E-state index in [0.29, 0.717) is 5.71 Å². The molecule has 0 bridgehead atoms. The summed E-state index contributed by atoms with van der Waals surface area (Å²) >= 11 is 0. The van der Waals surface area contributed by atoms with Crippen LogP contribution in [0.15, 0.2) is 5.16 Å². The molecule has 0 rings (SSSR count). The molecule has 0 aliphatic rings. The van der Waals surface area contributed by atoms with Gasteiger partial charge in [0.1, 0.15) is 0 Å². The Hall–Kier alpha value is -0.530. The first-order chi connectivity index (χ1) is 3.48. The molecule has 0 aliphatic heterocycles. The summed E-state index contributed by atoms with van der Waals surface area (Å²) in [6, 6.07) is 0. The standard InChI is InChI=1S/C6H12NO/c1-5(7-8)6(2,3)4/h8H,1H2,2-4H3/b7-5-. The Kier molecular flexibility index (Phi) is 2.02. The van der Waals surface area contributed by atoms with E-state index in [2.05, 4.69) is 12.1 Å². The van der Waals surface area contributed by atoms with Crippen LogP contribution in [-0.4, -0.2) is 10.9 Å². The third-order valence-corrected chi connectivity index (χ3v) is 0.986. The van der Waals surface area contributed by atoms with Crippen LogP contribution in [0.25, 0.3) is 0 Å². The molecule has 0 unspecified atom stereocenters. The lowest BCUT2D eigenvalue weighted by molar-refractivity contribution is 0.312. The zero-order valence-corrected chi connectivity index (χ0v) is 5.60. The maximum Gasteiger partial charge on any atom is 0.0627 e. The van der Waals surface area contributed by atoms with Crippen LogP contribution in [0.3, 0.4) is 0 Å². The van der Waals surface area contributed by atoms with E-state index in [0.717, 1.165) is 0 Å². The van der Waals surface area contributed by atoms with Gasteiger partial charge in [-0.2, -0.15) is 0 Å². The smallest absolute Gasteiger partial charge is 0.0627 e. The van der Waals surface area contributed by atoms with E-state index in [4.69, 9.17) is 5.21 Å². The summed E-state index contributed by atoms with van der Waals surface area (Å²) in [5.41, 5.74) is 0.409. The Balaban J connectivity index is 4.03. The SMILES string of the molecule is [CH2]/C(=N/O)C(C)(C)C. The molecule has 0 saturated heterocycles. The van der Waals surface area contributed by atoms with E-state index < -0.39 is 0 Å². The summed E-state index contributed by atoms with van der Waals surface area (Å²) in [6.07, 6.45) is 0. The molecule has 2 nitrogen and oxygen atoms in total. The molecule has 0 aromatic rings. The molecular weight excluding hydrogens is 102 g/mol.